The molecule has 5 nitrogen and oxygen atoms in total. The second-order valence-corrected chi connectivity index (χ2v) is 7.02. The summed E-state index contributed by atoms with van der Waals surface area (Å²) in [5.41, 5.74) is 5.16. The fourth-order valence-electron chi connectivity index (χ4n) is 2.15. The molecule has 0 radical (unpaired) electrons. The van der Waals surface area contributed by atoms with E-state index < -0.39 is 10.0 Å². The van der Waals surface area contributed by atoms with Crippen LogP contribution in [-0.4, -0.2) is 14.0 Å². The van der Waals surface area contributed by atoms with Crippen LogP contribution in [0.4, 0.5) is 0 Å². The molecule has 0 aliphatic heterocycles. The quantitative estimate of drug-likeness (QED) is 0.862. The van der Waals surface area contributed by atoms with Crippen LogP contribution >= 0.6 is 15.9 Å². The molecule has 18 heavy (non-hydrogen) atoms. The molecule has 1 aromatic heterocycles. The molecule has 0 aromatic carbocycles. The van der Waals surface area contributed by atoms with Crippen LogP contribution < -0.4 is 10.5 Å². The Hall–Kier alpha value is -0.370. The van der Waals surface area contributed by atoms with Crippen LogP contribution in [0.3, 0.4) is 0 Å². The summed E-state index contributed by atoms with van der Waals surface area (Å²) < 4.78 is 32.8. The van der Waals surface area contributed by atoms with Gasteiger partial charge in [0.05, 0.1) is 6.54 Å². The maximum atomic E-state index is 12.3. The Morgan fingerprint density at radius 1 is 1.56 bits per heavy atom. The fraction of sp³-hybridized carbons (Fsp3) is 0.636. The third-order valence-electron chi connectivity index (χ3n) is 3.54. The first-order valence-electron chi connectivity index (χ1n) is 5.95. The van der Waals surface area contributed by atoms with E-state index >= 15 is 0 Å². The number of nitrogens with two attached hydrogens (primary N) is 1. The van der Waals surface area contributed by atoms with E-state index in [1.54, 1.807) is 0 Å². The minimum atomic E-state index is -3.56. The summed E-state index contributed by atoms with van der Waals surface area (Å²) in [7, 11) is -3.56. The molecule has 3 N–H and O–H groups in total. The van der Waals surface area contributed by atoms with Crippen molar-refractivity contribution < 1.29 is 12.8 Å². The number of sulfonamides is 1. The third kappa shape index (κ3) is 2.49. The molecule has 0 bridgehead atoms. The van der Waals surface area contributed by atoms with Crippen LogP contribution in [0.1, 0.15) is 38.4 Å². The van der Waals surface area contributed by atoms with Crippen LogP contribution in [0, 0.1) is 0 Å². The van der Waals surface area contributed by atoms with E-state index in [0.717, 1.165) is 25.7 Å². The topological polar surface area (TPSA) is 85.3 Å². The number of furan rings is 1. The molecule has 0 amide bonds. The molecule has 1 saturated carbocycles. The first-order valence-corrected chi connectivity index (χ1v) is 8.22. The highest BCUT2D eigenvalue weighted by atomic mass is 79.9. The second kappa shape index (κ2) is 4.96. The predicted octanol–water partition coefficient (Wildman–Crippen LogP) is 2.11. The zero-order chi connectivity index (χ0) is 13.4. The zero-order valence-corrected chi connectivity index (χ0v) is 12.6. The number of rotatable bonds is 5. The molecule has 0 spiro atoms. The molecular weight excluding hydrogens is 320 g/mol. The van der Waals surface area contributed by atoms with E-state index in [1.165, 1.54) is 6.07 Å². The average Bonchev–Trinajstić information content (AvgIpc) is 2.66. The third-order valence-corrected chi connectivity index (χ3v) is 5.97. The first-order chi connectivity index (χ1) is 8.42. The molecule has 1 fully saturated rings. The van der Waals surface area contributed by atoms with Gasteiger partial charge in [-0.2, -0.15) is 0 Å². The SMILES string of the molecule is CCC1(NS(=O)(=O)c2cc(CN)oc2Br)CCC1. The van der Waals surface area contributed by atoms with E-state index in [4.69, 9.17) is 10.2 Å². The molecule has 1 aliphatic rings. The van der Waals surface area contributed by atoms with E-state index in [2.05, 4.69) is 20.7 Å². The monoisotopic (exact) mass is 336 g/mol. The number of hydrogen-bond donors (Lipinski definition) is 2. The van der Waals surface area contributed by atoms with Crippen LogP contribution in [-0.2, 0) is 16.6 Å². The molecule has 102 valence electrons. The van der Waals surface area contributed by atoms with Gasteiger partial charge < -0.3 is 10.2 Å². The lowest BCUT2D eigenvalue weighted by Gasteiger charge is -2.41. The van der Waals surface area contributed by atoms with Gasteiger partial charge in [-0.1, -0.05) is 6.92 Å². The van der Waals surface area contributed by atoms with Crippen molar-refractivity contribution in [1.29, 1.82) is 0 Å². The highest BCUT2D eigenvalue weighted by Gasteiger charge is 2.40. The highest BCUT2D eigenvalue weighted by molar-refractivity contribution is 9.10. The van der Waals surface area contributed by atoms with Crippen molar-refractivity contribution in [3.05, 3.63) is 16.5 Å². The molecule has 0 saturated heterocycles. The summed E-state index contributed by atoms with van der Waals surface area (Å²) in [6.45, 7) is 2.17. The molecule has 1 heterocycles. The zero-order valence-electron chi connectivity index (χ0n) is 10.2. The number of hydrogen-bond acceptors (Lipinski definition) is 4. The van der Waals surface area contributed by atoms with Gasteiger partial charge in [0, 0.05) is 11.6 Å². The van der Waals surface area contributed by atoms with Crippen LogP contribution in [0.25, 0.3) is 0 Å². The van der Waals surface area contributed by atoms with E-state index in [1.807, 2.05) is 6.92 Å². The van der Waals surface area contributed by atoms with Gasteiger partial charge in [-0.3, -0.25) is 0 Å². The second-order valence-electron chi connectivity index (χ2n) is 4.65. The van der Waals surface area contributed by atoms with Gasteiger partial charge >= 0.3 is 0 Å². The maximum Gasteiger partial charge on any atom is 0.245 e. The van der Waals surface area contributed by atoms with Gasteiger partial charge in [0.1, 0.15) is 10.7 Å². The number of nitrogens with one attached hydrogen (secondary N) is 1. The van der Waals surface area contributed by atoms with Crippen LogP contribution in [0.15, 0.2) is 20.0 Å². The van der Waals surface area contributed by atoms with Crippen molar-refractivity contribution in [3.8, 4) is 0 Å². The van der Waals surface area contributed by atoms with Gasteiger partial charge in [0.15, 0.2) is 4.67 Å². The Balaban J connectivity index is 2.27. The van der Waals surface area contributed by atoms with E-state index in [0.29, 0.717) is 5.76 Å². The Morgan fingerprint density at radius 3 is 2.61 bits per heavy atom. The summed E-state index contributed by atoms with van der Waals surface area (Å²) in [5.74, 6) is 0.446. The lowest BCUT2D eigenvalue weighted by molar-refractivity contribution is 0.213. The largest absolute Gasteiger partial charge is 0.452 e. The van der Waals surface area contributed by atoms with Crippen molar-refractivity contribution >= 4 is 26.0 Å². The van der Waals surface area contributed by atoms with Crippen molar-refractivity contribution in [2.45, 2.75) is 49.6 Å². The van der Waals surface area contributed by atoms with Crippen molar-refractivity contribution in [3.63, 3.8) is 0 Å². The number of halogens is 1. The molecule has 1 aliphatic carbocycles. The Labute approximate surface area is 115 Å². The first kappa shape index (κ1) is 14.0. The molecule has 7 heteroatoms. The summed E-state index contributed by atoms with van der Waals surface area (Å²) >= 11 is 3.12. The normalized spacial score (nSPS) is 18.6. The predicted molar refractivity (Wildman–Crippen MR) is 71.5 cm³/mol. The summed E-state index contributed by atoms with van der Waals surface area (Å²) in [4.78, 5) is 0.127. The Morgan fingerprint density at radius 2 is 2.22 bits per heavy atom. The lowest BCUT2D eigenvalue weighted by Crippen LogP contribution is -2.52. The molecule has 1 aromatic rings. The van der Waals surface area contributed by atoms with Gasteiger partial charge in [-0.25, -0.2) is 13.1 Å². The summed E-state index contributed by atoms with van der Waals surface area (Å²) in [6, 6.07) is 1.47. The van der Waals surface area contributed by atoms with Crippen molar-refractivity contribution in [2.75, 3.05) is 0 Å². The van der Waals surface area contributed by atoms with E-state index in [-0.39, 0.29) is 21.6 Å². The van der Waals surface area contributed by atoms with Crippen LogP contribution in [0.5, 0.6) is 0 Å². The van der Waals surface area contributed by atoms with Crippen molar-refractivity contribution in [1.82, 2.24) is 4.72 Å². The van der Waals surface area contributed by atoms with Gasteiger partial charge in [0.2, 0.25) is 10.0 Å². The van der Waals surface area contributed by atoms with E-state index in [9.17, 15) is 8.42 Å². The van der Waals surface area contributed by atoms with Gasteiger partial charge in [0.25, 0.3) is 0 Å². The molecule has 2 rings (SSSR count). The summed E-state index contributed by atoms with van der Waals surface area (Å²) in [5, 5.41) is 0. The fourth-order valence-corrected chi connectivity index (χ4v) is 4.68. The molecule has 0 atom stereocenters. The minimum absolute atomic E-state index is 0.127. The lowest BCUT2D eigenvalue weighted by atomic mass is 9.76. The minimum Gasteiger partial charge on any atom is -0.452 e. The van der Waals surface area contributed by atoms with Gasteiger partial charge in [-0.15, -0.1) is 0 Å². The highest BCUT2D eigenvalue weighted by Crippen LogP contribution is 2.37. The van der Waals surface area contributed by atoms with Gasteiger partial charge in [-0.05, 0) is 41.6 Å². The van der Waals surface area contributed by atoms with Crippen LogP contribution in [0.2, 0.25) is 0 Å². The Bertz CT molecular complexity index is 529. The molecular formula is C11H17BrN2O3S. The summed E-state index contributed by atoms with van der Waals surface area (Å²) in [6.07, 6.45) is 3.65. The smallest absolute Gasteiger partial charge is 0.245 e. The Kier molecular flexibility index (Phi) is 3.87. The maximum absolute atomic E-state index is 12.3. The average molecular weight is 337 g/mol. The standard InChI is InChI=1S/C11H17BrN2O3S/c1-2-11(4-3-5-11)14-18(15,16)9-6-8(7-13)17-10(9)12/h6,14H,2-5,7,13H2,1H3. The van der Waals surface area contributed by atoms with Crippen molar-refractivity contribution in [2.24, 2.45) is 5.73 Å². The molecule has 0 unspecified atom stereocenters.